The van der Waals surface area contributed by atoms with E-state index in [0.29, 0.717) is 11.5 Å². The minimum Gasteiger partial charge on any atom is -0.493 e. The van der Waals surface area contributed by atoms with Crippen molar-refractivity contribution in [3.8, 4) is 11.5 Å². The van der Waals surface area contributed by atoms with E-state index in [2.05, 4.69) is 0 Å². The topological polar surface area (TPSA) is 18.5 Å². The third kappa shape index (κ3) is 3.51. The number of methoxy groups -OCH3 is 1. The van der Waals surface area contributed by atoms with Gasteiger partial charge in [-0.1, -0.05) is 12.1 Å². The first kappa shape index (κ1) is 10.8. The van der Waals surface area contributed by atoms with Crippen LogP contribution >= 0.6 is 34.8 Å². The number of hydrogen-bond acceptors (Lipinski definition) is 2. The van der Waals surface area contributed by atoms with Crippen molar-refractivity contribution in [1.82, 2.24) is 0 Å². The lowest BCUT2D eigenvalue weighted by Gasteiger charge is -2.15. The van der Waals surface area contributed by atoms with Crippen LogP contribution in [0.5, 0.6) is 11.5 Å². The molecule has 1 rings (SSSR count). The van der Waals surface area contributed by atoms with Crippen molar-refractivity contribution in [3.63, 3.8) is 0 Å². The Hall–Kier alpha value is -0.310. The molecule has 72 valence electrons. The zero-order valence-corrected chi connectivity index (χ0v) is 9.03. The summed E-state index contributed by atoms with van der Waals surface area (Å²) in [5, 5.41) is 0. The van der Waals surface area contributed by atoms with Gasteiger partial charge in [0.1, 0.15) is 0 Å². The SMILES string of the molecule is COc1ccccc1OC(Cl)(Cl)Cl. The monoisotopic (exact) mass is 240 g/mol. The maximum absolute atomic E-state index is 5.45. The molecule has 2 nitrogen and oxygen atoms in total. The van der Waals surface area contributed by atoms with Crippen molar-refractivity contribution in [2.24, 2.45) is 0 Å². The second kappa shape index (κ2) is 4.27. The quantitative estimate of drug-likeness (QED) is 0.739. The van der Waals surface area contributed by atoms with E-state index in [9.17, 15) is 0 Å². The molecule has 0 saturated heterocycles. The van der Waals surface area contributed by atoms with E-state index in [4.69, 9.17) is 44.3 Å². The van der Waals surface area contributed by atoms with Crippen LogP contribution < -0.4 is 9.47 Å². The second-order valence-corrected chi connectivity index (χ2v) is 4.38. The Morgan fingerprint density at radius 2 is 1.62 bits per heavy atom. The maximum atomic E-state index is 5.45. The van der Waals surface area contributed by atoms with Gasteiger partial charge in [0.2, 0.25) is 0 Å². The number of rotatable bonds is 2. The van der Waals surface area contributed by atoms with Gasteiger partial charge in [-0.2, -0.15) is 0 Å². The fourth-order valence-electron chi connectivity index (χ4n) is 0.828. The number of para-hydroxylation sites is 2. The molecule has 0 radical (unpaired) electrons. The highest BCUT2D eigenvalue weighted by atomic mass is 35.6. The van der Waals surface area contributed by atoms with Gasteiger partial charge in [-0.25, -0.2) is 0 Å². The third-order valence-electron chi connectivity index (χ3n) is 1.29. The zero-order valence-electron chi connectivity index (χ0n) is 6.76. The first-order chi connectivity index (χ1) is 6.03. The molecular formula is C8H7Cl3O2. The molecule has 0 atom stereocenters. The maximum Gasteiger partial charge on any atom is 0.338 e. The predicted octanol–water partition coefficient (Wildman–Crippen LogP) is 3.40. The Morgan fingerprint density at radius 1 is 1.08 bits per heavy atom. The van der Waals surface area contributed by atoms with E-state index in [1.54, 1.807) is 24.3 Å². The van der Waals surface area contributed by atoms with Gasteiger partial charge < -0.3 is 9.47 Å². The Morgan fingerprint density at radius 3 is 2.08 bits per heavy atom. The molecule has 0 spiro atoms. The molecule has 13 heavy (non-hydrogen) atoms. The summed E-state index contributed by atoms with van der Waals surface area (Å²) in [7, 11) is 1.51. The van der Waals surface area contributed by atoms with Crippen LogP contribution in [0.15, 0.2) is 24.3 Å². The molecule has 1 aromatic carbocycles. The van der Waals surface area contributed by atoms with Crippen LogP contribution in [0.2, 0.25) is 0 Å². The highest BCUT2D eigenvalue weighted by Gasteiger charge is 2.23. The minimum atomic E-state index is -1.77. The minimum absolute atomic E-state index is 0.394. The Kier molecular flexibility index (Phi) is 3.54. The van der Waals surface area contributed by atoms with Gasteiger partial charge in [-0.15, -0.1) is 0 Å². The van der Waals surface area contributed by atoms with Crippen molar-refractivity contribution >= 4 is 34.8 Å². The summed E-state index contributed by atoms with van der Waals surface area (Å²) < 4.78 is 8.22. The van der Waals surface area contributed by atoms with Gasteiger partial charge in [0.15, 0.2) is 11.5 Å². The van der Waals surface area contributed by atoms with Crippen LogP contribution in [0.3, 0.4) is 0 Å². The van der Waals surface area contributed by atoms with Crippen molar-refractivity contribution in [1.29, 1.82) is 0 Å². The van der Waals surface area contributed by atoms with Gasteiger partial charge in [0.25, 0.3) is 0 Å². The Labute approximate surface area is 91.3 Å². The molecule has 0 heterocycles. The lowest BCUT2D eigenvalue weighted by molar-refractivity contribution is 0.295. The van der Waals surface area contributed by atoms with Crippen molar-refractivity contribution < 1.29 is 9.47 Å². The molecule has 0 N–H and O–H groups in total. The lowest BCUT2D eigenvalue weighted by atomic mass is 10.3. The van der Waals surface area contributed by atoms with Crippen LogP contribution in [0, 0.1) is 0 Å². The standard InChI is InChI=1S/C8H7Cl3O2/c1-12-6-4-2-3-5-7(6)13-8(9,10)11/h2-5H,1H3. The van der Waals surface area contributed by atoms with Crippen LogP contribution in [-0.4, -0.2) is 11.1 Å². The molecule has 0 saturated carbocycles. The van der Waals surface area contributed by atoms with E-state index >= 15 is 0 Å². The molecule has 0 amide bonds. The first-order valence-electron chi connectivity index (χ1n) is 3.41. The summed E-state index contributed by atoms with van der Waals surface area (Å²) in [5.74, 6) is 0.916. The van der Waals surface area contributed by atoms with Gasteiger partial charge in [-0.05, 0) is 46.9 Å². The normalized spacial score (nSPS) is 11.1. The van der Waals surface area contributed by atoms with Crippen LogP contribution in [0.1, 0.15) is 0 Å². The summed E-state index contributed by atoms with van der Waals surface area (Å²) in [5.41, 5.74) is 0. The van der Waals surface area contributed by atoms with E-state index in [1.165, 1.54) is 7.11 Å². The van der Waals surface area contributed by atoms with Crippen molar-refractivity contribution in [3.05, 3.63) is 24.3 Å². The summed E-state index contributed by atoms with van der Waals surface area (Å²) in [4.78, 5) is 0. The van der Waals surface area contributed by atoms with Crippen molar-refractivity contribution in [2.75, 3.05) is 7.11 Å². The second-order valence-electron chi connectivity index (χ2n) is 2.20. The molecule has 0 aliphatic carbocycles. The number of ether oxygens (including phenoxy) is 2. The molecule has 0 bridgehead atoms. The summed E-state index contributed by atoms with van der Waals surface area (Å²) >= 11 is 16.3. The number of benzene rings is 1. The van der Waals surface area contributed by atoms with E-state index in [0.717, 1.165) is 0 Å². The average Bonchev–Trinajstić information content (AvgIpc) is 2.02. The van der Waals surface area contributed by atoms with E-state index in [1.807, 2.05) is 0 Å². The molecule has 0 fully saturated rings. The molecule has 0 unspecified atom stereocenters. The number of halogens is 3. The number of alkyl halides is 3. The van der Waals surface area contributed by atoms with Crippen LogP contribution in [0.25, 0.3) is 0 Å². The lowest BCUT2D eigenvalue weighted by Crippen LogP contribution is -2.13. The summed E-state index contributed by atoms with van der Waals surface area (Å²) in [6.45, 7) is 0. The largest absolute Gasteiger partial charge is 0.493 e. The highest BCUT2D eigenvalue weighted by molar-refractivity contribution is 6.66. The van der Waals surface area contributed by atoms with Gasteiger partial charge in [-0.3, -0.25) is 0 Å². The molecule has 1 aromatic rings. The fourth-order valence-corrected chi connectivity index (χ4v) is 1.08. The van der Waals surface area contributed by atoms with Gasteiger partial charge in [0.05, 0.1) is 7.11 Å². The molecule has 0 aliphatic rings. The fraction of sp³-hybridized carbons (Fsp3) is 0.250. The predicted molar refractivity (Wildman–Crippen MR) is 53.9 cm³/mol. The summed E-state index contributed by atoms with van der Waals surface area (Å²) in [6, 6.07) is 6.92. The third-order valence-corrected chi connectivity index (χ3v) is 1.53. The van der Waals surface area contributed by atoms with E-state index < -0.39 is 3.98 Å². The van der Waals surface area contributed by atoms with E-state index in [-0.39, 0.29) is 0 Å². The Balaban J connectivity index is 2.87. The van der Waals surface area contributed by atoms with Crippen molar-refractivity contribution in [2.45, 2.75) is 3.98 Å². The molecule has 0 aliphatic heterocycles. The first-order valence-corrected chi connectivity index (χ1v) is 4.55. The van der Waals surface area contributed by atoms with Gasteiger partial charge in [0, 0.05) is 0 Å². The molecule has 5 heteroatoms. The average molecular weight is 242 g/mol. The van der Waals surface area contributed by atoms with Gasteiger partial charge >= 0.3 is 3.98 Å². The molecule has 0 aromatic heterocycles. The highest BCUT2D eigenvalue weighted by Crippen LogP contribution is 2.35. The Bertz CT molecular complexity index is 283. The van der Waals surface area contributed by atoms with Crippen LogP contribution in [0.4, 0.5) is 0 Å². The molecular weight excluding hydrogens is 234 g/mol. The zero-order chi connectivity index (χ0) is 9.90. The smallest absolute Gasteiger partial charge is 0.338 e. The van der Waals surface area contributed by atoms with Crippen LogP contribution in [-0.2, 0) is 0 Å². The number of hydrogen-bond donors (Lipinski definition) is 0. The summed E-state index contributed by atoms with van der Waals surface area (Å²) in [6.07, 6.45) is 0.